The molecule has 0 spiro atoms. The van der Waals surface area contributed by atoms with E-state index in [1.165, 1.54) is 34.3 Å². The highest BCUT2D eigenvalue weighted by Crippen LogP contribution is 2.29. The molecule has 0 bridgehead atoms. The van der Waals surface area contributed by atoms with E-state index >= 15 is 0 Å². The number of nitrogens with zero attached hydrogens (tertiary/aromatic N) is 2. The predicted molar refractivity (Wildman–Crippen MR) is 78.2 cm³/mol. The molecule has 0 aliphatic heterocycles. The van der Waals surface area contributed by atoms with E-state index in [9.17, 15) is 19.1 Å². The molecule has 8 heteroatoms. The minimum atomic E-state index is -0.965. The number of hydrogen-bond donors (Lipinski definition) is 1. The third-order valence-corrected chi connectivity index (χ3v) is 3.91. The van der Waals surface area contributed by atoms with Gasteiger partial charge in [0.1, 0.15) is 16.2 Å². The van der Waals surface area contributed by atoms with Crippen LogP contribution in [0.2, 0.25) is 0 Å². The smallest absolute Gasteiger partial charge is 0.347 e. The van der Waals surface area contributed by atoms with Crippen LogP contribution in [0.3, 0.4) is 0 Å². The molecule has 112 valence electrons. The molecule has 2 aromatic heterocycles. The van der Waals surface area contributed by atoms with Crippen molar-refractivity contribution in [1.29, 1.82) is 0 Å². The van der Waals surface area contributed by atoms with E-state index in [4.69, 9.17) is 0 Å². The Bertz CT molecular complexity index is 930. The van der Waals surface area contributed by atoms with Crippen molar-refractivity contribution in [3.63, 3.8) is 0 Å². The van der Waals surface area contributed by atoms with Crippen molar-refractivity contribution in [2.24, 2.45) is 0 Å². The van der Waals surface area contributed by atoms with Crippen LogP contribution in [-0.2, 0) is 4.74 Å². The summed E-state index contributed by atoms with van der Waals surface area (Å²) in [6, 6.07) is 5.18. The Labute approximate surface area is 127 Å². The van der Waals surface area contributed by atoms with Crippen molar-refractivity contribution < 1.29 is 19.0 Å². The largest absolute Gasteiger partial charge is 0.505 e. The van der Waals surface area contributed by atoms with Gasteiger partial charge in [-0.05, 0) is 24.3 Å². The molecule has 0 radical (unpaired) electrons. The van der Waals surface area contributed by atoms with Crippen molar-refractivity contribution in [1.82, 2.24) is 9.55 Å². The van der Waals surface area contributed by atoms with Crippen LogP contribution in [0.15, 0.2) is 34.6 Å². The van der Waals surface area contributed by atoms with Crippen molar-refractivity contribution in [2.45, 2.75) is 0 Å². The normalized spacial score (nSPS) is 10.8. The summed E-state index contributed by atoms with van der Waals surface area (Å²) in [5, 5.41) is 10.1. The molecule has 0 atom stereocenters. The van der Waals surface area contributed by atoms with Gasteiger partial charge in [0.2, 0.25) is 0 Å². The molecule has 1 aromatic carbocycles. The lowest BCUT2D eigenvalue weighted by Crippen LogP contribution is -2.26. The van der Waals surface area contributed by atoms with Crippen molar-refractivity contribution in [3.05, 3.63) is 51.5 Å². The number of aromatic nitrogens is 2. The quantitative estimate of drug-likeness (QED) is 0.731. The number of benzene rings is 1. The number of methoxy groups -OCH3 is 1. The lowest BCUT2D eigenvalue weighted by Gasteiger charge is -2.10. The van der Waals surface area contributed by atoms with Crippen LogP contribution in [0.25, 0.3) is 16.0 Å². The van der Waals surface area contributed by atoms with Gasteiger partial charge in [0.25, 0.3) is 5.56 Å². The van der Waals surface area contributed by atoms with Gasteiger partial charge >= 0.3 is 5.97 Å². The molecular weight excluding hydrogens is 311 g/mol. The lowest BCUT2D eigenvalue weighted by molar-refractivity contribution is 0.0595. The van der Waals surface area contributed by atoms with Gasteiger partial charge in [-0.3, -0.25) is 9.36 Å². The second-order valence-corrected chi connectivity index (χ2v) is 5.17. The highest BCUT2D eigenvalue weighted by Gasteiger charge is 2.25. The summed E-state index contributed by atoms with van der Waals surface area (Å²) in [7, 11) is 1.11. The van der Waals surface area contributed by atoms with Gasteiger partial charge in [-0.2, -0.15) is 0 Å². The van der Waals surface area contributed by atoms with E-state index in [-0.39, 0.29) is 5.52 Å². The third kappa shape index (κ3) is 2.04. The van der Waals surface area contributed by atoms with E-state index in [0.29, 0.717) is 10.5 Å². The number of esters is 1. The Morgan fingerprint density at radius 3 is 2.68 bits per heavy atom. The SMILES string of the molecule is COC(=O)c1c(O)c2ncsc2n(-c2ccc(F)cc2)c1=O. The molecule has 0 amide bonds. The first-order chi connectivity index (χ1) is 10.5. The molecule has 0 saturated carbocycles. The van der Waals surface area contributed by atoms with E-state index in [0.717, 1.165) is 18.4 Å². The van der Waals surface area contributed by atoms with Gasteiger partial charge in [0.15, 0.2) is 11.3 Å². The maximum atomic E-state index is 13.1. The Hall–Kier alpha value is -2.74. The van der Waals surface area contributed by atoms with Gasteiger partial charge < -0.3 is 9.84 Å². The fourth-order valence-electron chi connectivity index (χ4n) is 2.10. The second-order valence-electron chi connectivity index (χ2n) is 4.34. The standard InChI is InChI=1S/C14H9FN2O4S/c1-21-14(20)9-11(18)10-13(22-6-16-10)17(12(9)19)8-4-2-7(15)3-5-8/h2-6,18H,1H3. The second kappa shape index (κ2) is 5.23. The van der Waals surface area contributed by atoms with Crippen molar-refractivity contribution in [3.8, 4) is 11.4 Å². The van der Waals surface area contributed by atoms with Crippen LogP contribution < -0.4 is 5.56 Å². The van der Waals surface area contributed by atoms with Gasteiger partial charge in [-0.25, -0.2) is 14.2 Å². The number of hydrogen-bond acceptors (Lipinski definition) is 6. The third-order valence-electron chi connectivity index (χ3n) is 3.10. The maximum absolute atomic E-state index is 13.1. The minimum Gasteiger partial charge on any atom is -0.505 e. The predicted octanol–water partition coefficient (Wildman–Crippen LogP) is 2.08. The Balaban J connectivity index is 2.43. The summed E-state index contributed by atoms with van der Waals surface area (Å²) in [6.07, 6.45) is 0. The molecule has 6 nitrogen and oxygen atoms in total. The van der Waals surface area contributed by atoms with E-state index < -0.39 is 28.7 Å². The number of pyridine rings is 1. The number of carbonyl (C=O) groups is 1. The summed E-state index contributed by atoms with van der Waals surface area (Å²) >= 11 is 1.12. The molecule has 22 heavy (non-hydrogen) atoms. The number of fused-ring (bicyclic) bond motifs is 1. The zero-order chi connectivity index (χ0) is 15.9. The minimum absolute atomic E-state index is 0.106. The average molecular weight is 320 g/mol. The number of ether oxygens (including phenoxy) is 1. The topological polar surface area (TPSA) is 81.4 Å². The van der Waals surface area contributed by atoms with Crippen LogP contribution in [0.4, 0.5) is 4.39 Å². The molecule has 1 N–H and O–H groups in total. The molecule has 0 aliphatic carbocycles. The molecule has 0 unspecified atom stereocenters. The van der Waals surface area contributed by atoms with E-state index in [1.54, 1.807) is 0 Å². The zero-order valence-electron chi connectivity index (χ0n) is 11.2. The fraction of sp³-hybridized carbons (Fsp3) is 0.0714. The van der Waals surface area contributed by atoms with Gasteiger partial charge in [-0.15, -0.1) is 11.3 Å². The van der Waals surface area contributed by atoms with E-state index in [2.05, 4.69) is 9.72 Å². The summed E-state index contributed by atoms with van der Waals surface area (Å²) in [5.41, 5.74) is 0.628. The molecule has 0 aliphatic rings. The number of thiazole rings is 1. The first-order valence-electron chi connectivity index (χ1n) is 6.10. The highest BCUT2D eigenvalue weighted by molar-refractivity contribution is 7.16. The van der Waals surface area contributed by atoms with Crippen molar-refractivity contribution >= 4 is 27.7 Å². The Kier molecular flexibility index (Phi) is 3.38. The zero-order valence-corrected chi connectivity index (χ0v) is 12.1. The number of aromatic hydroxyl groups is 1. The Morgan fingerprint density at radius 2 is 2.05 bits per heavy atom. The molecule has 3 aromatic rings. The van der Waals surface area contributed by atoms with Crippen LogP contribution in [0.5, 0.6) is 5.75 Å². The van der Waals surface area contributed by atoms with Crippen LogP contribution in [0, 0.1) is 5.82 Å². The van der Waals surface area contributed by atoms with Crippen LogP contribution in [-0.4, -0.2) is 27.7 Å². The average Bonchev–Trinajstić information content (AvgIpc) is 2.98. The molecule has 2 heterocycles. The lowest BCUT2D eigenvalue weighted by atomic mass is 10.2. The molecule has 3 rings (SSSR count). The summed E-state index contributed by atoms with van der Waals surface area (Å²) in [5.74, 6) is -1.94. The molecule has 0 fully saturated rings. The fourth-order valence-corrected chi connectivity index (χ4v) is 2.91. The molecule has 0 saturated heterocycles. The number of halogens is 1. The van der Waals surface area contributed by atoms with Gasteiger partial charge in [-0.1, -0.05) is 0 Å². The van der Waals surface area contributed by atoms with E-state index in [1.807, 2.05) is 0 Å². The number of carbonyl (C=O) groups excluding carboxylic acids is 1. The summed E-state index contributed by atoms with van der Waals surface area (Å²) in [6.45, 7) is 0. The first-order valence-corrected chi connectivity index (χ1v) is 6.98. The highest BCUT2D eigenvalue weighted by atomic mass is 32.1. The first kappa shape index (κ1) is 14.2. The van der Waals surface area contributed by atoms with Gasteiger partial charge in [0.05, 0.1) is 18.3 Å². The van der Waals surface area contributed by atoms with Gasteiger partial charge in [0, 0.05) is 0 Å². The maximum Gasteiger partial charge on any atom is 0.347 e. The van der Waals surface area contributed by atoms with Crippen LogP contribution in [0.1, 0.15) is 10.4 Å². The number of rotatable bonds is 2. The monoisotopic (exact) mass is 320 g/mol. The molecular formula is C14H9FN2O4S. The summed E-state index contributed by atoms with van der Waals surface area (Å²) in [4.78, 5) is 28.7. The van der Waals surface area contributed by atoms with Crippen molar-refractivity contribution in [2.75, 3.05) is 7.11 Å². The summed E-state index contributed by atoms with van der Waals surface area (Å²) < 4.78 is 18.8. The Morgan fingerprint density at radius 1 is 1.36 bits per heavy atom. The van der Waals surface area contributed by atoms with Crippen LogP contribution >= 0.6 is 11.3 Å².